The van der Waals surface area contributed by atoms with Crippen molar-refractivity contribution < 1.29 is 24.2 Å². The molecule has 0 aliphatic heterocycles. The van der Waals surface area contributed by atoms with Gasteiger partial charge in [-0.25, -0.2) is 4.79 Å². The minimum Gasteiger partial charge on any atom is -0.482 e. The molecule has 0 bridgehead atoms. The fourth-order valence-corrected chi connectivity index (χ4v) is 1.49. The van der Waals surface area contributed by atoms with Gasteiger partial charge in [0, 0.05) is 25.3 Å². The Labute approximate surface area is 117 Å². The first-order valence-corrected chi connectivity index (χ1v) is 6.44. The molecule has 0 fully saturated rings. The van der Waals surface area contributed by atoms with E-state index in [2.05, 4.69) is 5.32 Å². The van der Waals surface area contributed by atoms with Gasteiger partial charge in [0.2, 0.25) is 0 Å². The Bertz CT molecular complexity index is 447. The average molecular weight is 281 g/mol. The molecule has 1 aromatic rings. The average Bonchev–Trinajstić information content (AvgIpc) is 2.45. The van der Waals surface area contributed by atoms with Crippen LogP contribution in [0.2, 0.25) is 0 Å². The maximum Gasteiger partial charge on any atom is 0.341 e. The molecule has 0 unspecified atom stereocenters. The third kappa shape index (κ3) is 6.19. The van der Waals surface area contributed by atoms with Crippen molar-refractivity contribution in [2.45, 2.75) is 13.3 Å². The second-order valence-corrected chi connectivity index (χ2v) is 4.02. The molecule has 0 saturated carbocycles. The van der Waals surface area contributed by atoms with E-state index >= 15 is 0 Å². The highest BCUT2D eigenvalue weighted by Gasteiger charge is 2.07. The normalized spacial score (nSPS) is 10.1. The second-order valence-electron chi connectivity index (χ2n) is 4.02. The van der Waals surface area contributed by atoms with E-state index in [4.69, 9.17) is 14.6 Å². The summed E-state index contributed by atoms with van der Waals surface area (Å²) >= 11 is 0. The zero-order valence-corrected chi connectivity index (χ0v) is 11.4. The van der Waals surface area contributed by atoms with Crippen LogP contribution >= 0.6 is 0 Å². The van der Waals surface area contributed by atoms with E-state index in [1.165, 1.54) is 6.07 Å². The molecule has 0 atom stereocenters. The predicted molar refractivity (Wildman–Crippen MR) is 73.0 cm³/mol. The number of carbonyl (C=O) groups is 2. The van der Waals surface area contributed by atoms with Gasteiger partial charge in [0.05, 0.1) is 0 Å². The molecule has 20 heavy (non-hydrogen) atoms. The van der Waals surface area contributed by atoms with Gasteiger partial charge in [-0.3, -0.25) is 4.79 Å². The number of carbonyl (C=O) groups excluding carboxylic acids is 1. The number of amides is 1. The lowest BCUT2D eigenvalue weighted by Gasteiger charge is -2.07. The first-order chi connectivity index (χ1) is 9.63. The second kappa shape index (κ2) is 8.92. The van der Waals surface area contributed by atoms with E-state index < -0.39 is 12.6 Å². The third-order valence-corrected chi connectivity index (χ3v) is 2.41. The third-order valence-electron chi connectivity index (χ3n) is 2.41. The summed E-state index contributed by atoms with van der Waals surface area (Å²) < 4.78 is 10.2. The zero-order valence-electron chi connectivity index (χ0n) is 11.4. The SMILES string of the molecule is CCOCCCNC(=O)c1cccc(OCC(=O)O)c1. The maximum absolute atomic E-state index is 11.8. The summed E-state index contributed by atoms with van der Waals surface area (Å²) in [7, 11) is 0. The summed E-state index contributed by atoms with van der Waals surface area (Å²) in [6.45, 7) is 3.29. The van der Waals surface area contributed by atoms with Crippen molar-refractivity contribution in [1.29, 1.82) is 0 Å². The van der Waals surface area contributed by atoms with E-state index in [0.29, 0.717) is 31.1 Å². The molecule has 110 valence electrons. The largest absolute Gasteiger partial charge is 0.482 e. The maximum atomic E-state index is 11.8. The molecule has 2 N–H and O–H groups in total. The van der Waals surface area contributed by atoms with Crippen LogP contribution in [0.3, 0.4) is 0 Å². The van der Waals surface area contributed by atoms with Crippen LogP contribution in [0.1, 0.15) is 23.7 Å². The van der Waals surface area contributed by atoms with Gasteiger partial charge in [-0.05, 0) is 31.5 Å². The molecule has 6 nitrogen and oxygen atoms in total. The van der Waals surface area contributed by atoms with Gasteiger partial charge in [-0.1, -0.05) is 6.07 Å². The quantitative estimate of drug-likeness (QED) is 0.667. The number of ether oxygens (including phenoxy) is 2. The van der Waals surface area contributed by atoms with Gasteiger partial charge in [-0.2, -0.15) is 0 Å². The van der Waals surface area contributed by atoms with Crippen molar-refractivity contribution in [2.24, 2.45) is 0 Å². The number of hydrogen-bond acceptors (Lipinski definition) is 4. The minimum atomic E-state index is -1.06. The van der Waals surface area contributed by atoms with Gasteiger partial charge >= 0.3 is 5.97 Å². The lowest BCUT2D eigenvalue weighted by Crippen LogP contribution is -2.25. The fraction of sp³-hybridized carbons (Fsp3) is 0.429. The molecule has 0 aromatic heterocycles. The first-order valence-electron chi connectivity index (χ1n) is 6.44. The van der Waals surface area contributed by atoms with Crippen molar-refractivity contribution in [3.05, 3.63) is 29.8 Å². The van der Waals surface area contributed by atoms with Crippen molar-refractivity contribution in [3.63, 3.8) is 0 Å². The van der Waals surface area contributed by atoms with Crippen LogP contribution in [-0.2, 0) is 9.53 Å². The summed E-state index contributed by atoms with van der Waals surface area (Å²) in [5.74, 6) is -0.924. The molecule has 1 aromatic carbocycles. The Balaban J connectivity index is 2.43. The van der Waals surface area contributed by atoms with E-state index in [1.807, 2.05) is 6.92 Å². The molecule has 0 heterocycles. The van der Waals surface area contributed by atoms with Crippen LogP contribution in [0.25, 0.3) is 0 Å². The Morgan fingerprint density at radius 2 is 2.15 bits per heavy atom. The van der Waals surface area contributed by atoms with Crippen LogP contribution in [0.5, 0.6) is 5.75 Å². The molecule has 0 aliphatic carbocycles. The smallest absolute Gasteiger partial charge is 0.341 e. The summed E-state index contributed by atoms with van der Waals surface area (Å²) in [6.07, 6.45) is 0.745. The molecule has 6 heteroatoms. The van der Waals surface area contributed by atoms with E-state index in [-0.39, 0.29) is 5.91 Å². The van der Waals surface area contributed by atoms with E-state index in [0.717, 1.165) is 6.42 Å². The summed E-state index contributed by atoms with van der Waals surface area (Å²) in [5.41, 5.74) is 0.435. The molecular weight excluding hydrogens is 262 g/mol. The van der Waals surface area contributed by atoms with Crippen LogP contribution < -0.4 is 10.1 Å². The molecule has 0 spiro atoms. The molecule has 1 amide bonds. The summed E-state index contributed by atoms with van der Waals surface area (Å²) in [6, 6.07) is 6.41. The zero-order chi connectivity index (χ0) is 14.8. The lowest BCUT2D eigenvalue weighted by molar-refractivity contribution is -0.139. The molecular formula is C14H19NO5. The number of nitrogens with one attached hydrogen (secondary N) is 1. The van der Waals surface area contributed by atoms with Crippen LogP contribution in [0.4, 0.5) is 0 Å². The van der Waals surface area contributed by atoms with Gasteiger partial charge < -0.3 is 19.9 Å². The number of benzene rings is 1. The van der Waals surface area contributed by atoms with Gasteiger partial charge in [-0.15, -0.1) is 0 Å². The van der Waals surface area contributed by atoms with Crippen molar-refractivity contribution in [2.75, 3.05) is 26.4 Å². The number of hydrogen-bond donors (Lipinski definition) is 2. The number of aliphatic carboxylic acids is 1. The molecule has 0 aliphatic rings. The number of rotatable bonds is 9. The van der Waals surface area contributed by atoms with E-state index in [1.54, 1.807) is 18.2 Å². The number of carboxylic acid groups (broad SMARTS) is 1. The summed E-state index contributed by atoms with van der Waals surface area (Å²) in [4.78, 5) is 22.2. The topological polar surface area (TPSA) is 84.9 Å². The Kier molecular flexibility index (Phi) is 7.13. The van der Waals surface area contributed by atoms with Gasteiger partial charge in [0.15, 0.2) is 6.61 Å². The molecule has 0 saturated heterocycles. The highest BCUT2D eigenvalue weighted by atomic mass is 16.5. The standard InChI is InChI=1S/C14H19NO5/c1-2-19-8-4-7-15-14(18)11-5-3-6-12(9-11)20-10-13(16)17/h3,5-6,9H,2,4,7-8,10H2,1H3,(H,15,18)(H,16,17). The Hall–Kier alpha value is -2.08. The van der Waals surface area contributed by atoms with Crippen molar-refractivity contribution in [3.8, 4) is 5.75 Å². The highest BCUT2D eigenvalue weighted by Crippen LogP contribution is 2.13. The van der Waals surface area contributed by atoms with Gasteiger partial charge in [0.1, 0.15) is 5.75 Å². The highest BCUT2D eigenvalue weighted by molar-refractivity contribution is 5.94. The fourth-order valence-electron chi connectivity index (χ4n) is 1.49. The van der Waals surface area contributed by atoms with Crippen LogP contribution in [0.15, 0.2) is 24.3 Å². The minimum absolute atomic E-state index is 0.220. The molecule has 1 rings (SSSR count). The van der Waals surface area contributed by atoms with Crippen molar-refractivity contribution >= 4 is 11.9 Å². The Morgan fingerprint density at radius 3 is 2.85 bits per heavy atom. The lowest BCUT2D eigenvalue weighted by atomic mass is 10.2. The molecule has 0 radical (unpaired) electrons. The van der Waals surface area contributed by atoms with Gasteiger partial charge in [0.25, 0.3) is 5.91 Å². The summed E-state index contributed by atoms with van der Waals surface area (Å²) in [5, 5.41) is 11.3. The number of carboxylic acids is 1. The monoisotopic (exact) mass is 281 g/mol. The van der Waals surface area contributed by atoms with Crippen molar-refractivity contribution in [1.82, 2.24) is 5.32 Å². The predicted octanol–water partition coefficient (Wildman–Crippen LogP) is 1.31. The van der Waals surface area contributed by atoms with Crippen LogP contribution in [-0.4, -0.2) is 43.3 Å². The Morgan fingerprint density at radius 1 is 1.35 bits per heavy atom. The first kappa shape index (κ1) is 16.0. The van der Waals surface area contributed by atoms with E-state index in [9.17, 15) is 9.59 Å². The van der Waals surface area contributed by atoms with Crippen LogP contribution in [0, 0.1) is 0 Å².